The maximum atomic E-state index is 5.86. The minimum atomic E-state index is -0.0262. The first-order valence-electron chi connectivity index (χ1n) is 6.52. The first-order chi connectivity index (χ1) is 7.66. The molecule has 1 aliphatic heterocycles. The lowest BCUT2D eigenvalue weighted by Crippen LogP contribution is -2.57. The van der Waals surface area contributed by atoms with Gasteiger partial charge >= 0.3 is 0 Å². The summed E-state index contributed by atoms with van der Waals surface area (Å²) in [5.41, 5.74) is -0.0262. The van der Waals surface area contributed by atoms with E-state index in [0.717, 1.165) is 32.6 Å². The third-order valence-electron chi connectivity index (χ3n) is 3.59. The van der Waals surface area contributed by atoms with Crippen LogP contribution in [0.25, 0.3) is 0 Å². The van der Waals surface area contributed by atoms with Gasteiger partial charge in [-0.15, -0.1) is 0 Å². The molecule has 1 saturated heterocycles. The maximum absolute atomic E-state index is 5.86. The minimum absolute atomic E-state index is 0.0262. The van der Waals surface area contributed by atoms with Crippen molar-refractivity contribution in [3.05, 3.63) is 0 Å². The topological polar surface area (TPSA) is 30.5 Å². The van der Waals surface area contributed by atoms with Crippen molar-refractivity contribution in [1.82, 2.24) is 5.32 Å². The van der Waals surface area contributed by atoms with Crippen LogP contribution in [0.1, 0.15) is 40.0 Å². The van der Waals surface area contributed by atoms with Crippen LogP contribution in [0.15, 0.2) is 0 Å². The second-order valence-electron chi connectivity index (χ2n) is 5.06. The largest absolute Gasteiger partial charge is 0.381 e. The van der Waals surface area contributed by atoms with E-state index in [1.807, 2.05) is 7.11 Å². The van der Waals surface area contributed by atoms with Gasteiger partial charge in [-0.2, -0.15) is 0 Å². The molecule has 0 aliphatic carbocycles. The van der Waals surface area contributed by atoms with Gasteiger partial charge in [0, 0.05) is 39.2 Å². The molecule has 16 heavy (non-hydrogen) atoms. The molecule has 1 aliphatic rings. The molecule has 0 spiro atoms. The molecular formula is C13H27NO2. The molecule has 0 aromatic heterocycles. The summed E-state index contributed by atoms with van der Waals surface area (Å²) in [5, 5.41) is 3.65. The van der Waals surface area contributed by atoms with Gasteiger partial charge in [-0.1, -0.05) is 20.8 Å². The van der Waals surface area contributed by atoms with Crippen molar-refractivity contribution in [2.75, 3.05) is 26.9 Å². The van der Waals surface area contributed by atoms with E-state index in [1.165, 1.54) is 6.42 Å². The molecule has 3 heteroatoms. The van der Waals surface area contributed by atoms with Gasteiger partial charge in [-0.3, -0.25) is 0 Å². The normalized spacial score (nSPS) is 22.3. The summed E-state index contributed by atoms with van der Waals surface area (Å²) < 4.78 is 11.3. The Morgan fingerprint density at radius 3 is 2.38 bits per heavy atom. The van der Waals surface area contributed by atoms with Crippen molar-refractivity contribution >= 4 is 0 Å². The monoisotopic (exact) mass is 229 g/mol. The highest BCUT2D eigenvalue weighted by molar-refractivity contribution is 4.96. The van der Waals surface area contributed by atoms with Gasteiger partial charge in [0.1, 0.15) is 0 Å². The molecule has 0 aromatic carbocycles. The fourth-order valence-electron chi connectivity index (χ4n) is 2.69. The van der Waals surface area contributed by atoms with Crippen LogP contribution in [-0.2, 0) is 9.47 Å². The molecule has 1 heterocycles. The van der Waals surface area contributed by atoms with Crippen molar-refractivity contribution in [3.63, 3.8) is 0 Å². The molecule has 0 bridgehead atoms. The number of rotatable bonds is 6. The molecule has 0 amide bonds. The molecule has 1 rings (SSSR count). The molecule has 1 N–H and O–H groups in total. The van der Waals surface area contributed by atoms with E-state index in [2.05, 4.69) is 26.1 Å². The van der Waals surface area contributed by atoms with Crippen LogP contribution in [0.3, 0.4) is 0 Å². The summed E-state index contributed by atoms with van der Waals surface area (Å²) in [7, 11) is 1.84. The van der Waals surface area contributed by atoms with Crippen molar-refractivity contribution in [2.45, 2.75) is 51.7 Å². The van der Waals surface area contributed by atoms with Gasteiger partial charge in [-0.05, 0) is 18.9 Å². The van der Waals surface area contributed by atoms with Gasteiger partial charge in [0.2, 0.25) is 0 Å². The van der Waals surface area contributed by atoms with Crippen LogP contribution in [0.2, 0.25) is 0 Å². The SMILES string of the molecule is CCCNC(C(C)C)C1(OC)CCOCC1. The lowest BCUT2D eigenvalue weighted by Gasteiger charge is -2.44. The maximum Gasteiger partial charge on any atom is 0.0877 e. The molecule has 0 radical (unpaired) electrons. The van der Waals surface area contributed by atoms with Crippen LogP contribution < -0.4 is 5.32 Å². The Hall–Kier alpha value is -0.120. The highest BCUT2D eigenvalue weighted by Gasteiger charge is 2.41. The highest BCUT2D eigenvalue weighted by atomic mass is 16.5. The van der Waals surface area contributed by atoms with E-state index in [-0.39, 0.29) is 5.60 Å². The Labute approximate surface area is 99.9 Å². The quantitative estimate of drug-likeness (QED) is 0.757. The van der Waals surface area contributed by atoms with Crippen LogP contribution in [0, 0.1) is 5.92 Å². The van der Waals surface area contributed by atoms with Gasteiger partial charge in [-0.25, -0.2) is 0 Å². The van der Waals surface area contributed by atoms with Gasteiger partial charge in [0.25, 0.3) is 0 Å². The summed E-state index contributed by atoms with van der Waals surface area (Å²) in [6.07, 6.45) is 3.17. The molecule has 96 valence electrons. The standard InChI is InChI=1S/C13H27NO2/c1-5-8-14-12(11(2)3)13(15-4)6-9-16-10-7-13/h11-12,14H,5-10H2,1-4H3. The average molecular weight is 229 g/mol. The Kier molecular flexibility index (Phi) is 5.73. The van der Waals surface area contributed by atoms with Crippen LogP contribution in [-0.4, -0.2) is 38.5 Å². The first-order valence-corrected chi connectivity index (χ1v) is 6.52. The van der Waals surface area contributed by atoms with E-state index >= 15 is 0 Å². The van der Waals surface area contributed by atoms with Crippen molar-refractivity contribution in [1.29, 1.82) is 0 Å². The van der Waals surface area contributed by atoms with E-state index in [0.29, 0.717) is 12.0 Å². The minimum Gasteiger partial charge on any atom is -0.381 e. The first kappa shape index (κ1) is 13.9. The Morgan fingerprint density at radius 1 is 1.31 bits per heavy atom. The summed E-state index contributed by atoms with van der Waals surface area (Å²) in [6, 6.07) is 0.432. The lowest BCUT2D eigenvalue weighted by atomic mass is 9.80. The van der Waals surface area contributed by atoms with Crippen LogP contribution >= 0.6 is 0 Å². The van der Waals surface area contributed by atoms with Crippen molar-refractivity contribution in [3.8, 4) is 0 Å². The van der Waals surface area contributed by atoms with Crippen molar-refractivity contribution < 1.29 is 9.47 Å². The second kappa shape index (κ2) is 6.58. The third-order valence-corrected chi connectivity index (χ3v) is 3.59. The Balaban J connectivity index is 2.70. The molecule has 1 unspecified atom stereocenters. The molecule has 1 atom stereocenters. The summed E-state index contributed by atoms with van der Waals surface area (Å²) in [5.74, 6) is 0.588. The average Bonchev–Trinajstić information content (AvgIpc) is 2.30. The zero-order valence-electron chi connectivity index (χ0n) is 11.2. The Bertz CT molecular complexity index is 188. The molecule has 1 fully saturated rings. The van der Waals surface area contributed by atoms with E-state index in [4.69, 9.17) is 9.47 Å². The number of ether oxygens (including phenoxy) is 2. The van der Waals surface area contributed by atoms with Gasteiger partial charge < -0.3 is 14.8 Å². The highest BCUT2D eigenvalue weighted by Crippen LogP contribution is 2.31. The van der Waals surface area contributed by atoms with Gasteiger partial charge in [0.05, 0.1) is 5.60 Å². The van der Waals surface area contributed by atoms with E-state index in [9.17, 15) is 0 Å². The van der Waals surface area contributed by atoms with E-state index in [1.54, 1.807) is 0 Å². The number of hydrogen-bond donors (Lipinski definition) is 1. The van der Waals surface area contributed by atoms with Gasteiger partial charge in [0.15, 0.2) is 0 Å². The molecule has 0 aromatic rings. The molecular weight excluding hydrogens is 202 g/mol. The predicted molar refractivity (Wildman–Crippen MR) is 66.7 cm³/mol. The fourth-order valence-corrected chi connectivity index (χ4v) is 2.69. The van der Waals surface area contributed by atoms with Crippen molar-refractivity contribution in [2.24, 2.45) is 5.92 Å². The molecule has 3 nitrogen and oxygen atoms in total. The summed E-state index contributed by atoms with van der Waals surface area (Å²) in [4.78, 5) is 0. The lowest BCUT2D eigenvalue weighted by molar-refractivity contribution is -0.118. The number of methoxy groups -OCH3 is 1. The van der Waals surface area contributed by atoms with Crippen LogP contribution in [0.4, 0.5) is 0 Å². The number of hydrogen-bond acceptors (Lipinski definition) is 3. The Morgan fingerprint density at radius 2 is 1.94 bits per heavy atom. The predicted octanol–water partition coefficient (Wildman–Crippen LogP) is 2.21. The fraction of sp³-hybridized carbons (Fsp3) is 1.00. The summed E-state index contributed by atoms with van der Waals surface area (Å²) in [6.45, 7) is 9.45. The number of nitrogens with one attached hydrogen (secondary N) is 1. The van der Waals surface area contributed by atoms with Crippen LogP contribution in [0.5, 0.6) is 0 Å². The zero-order chi connectivity index (χ0) is 12.0. The zero-order valence-corrected chi connectivity index (χ0v) is 11.2. The second-order valence-corrected chi connectivity index (χ2v) is 5.06. The summed E-state index contributed by atoms with van der Waals surface area (Å²) >= 11 is 0. The smallest absolute Gasteiger partial charge is 0.0877 e. The third kappa shape index (κ3) is 3.19. The van der Waals surface area contributed by atoms with E-state index < -0.39 is 0 Å². The molecule has 0 saturated carbocycles.